The summed E-state index contributed by atoms with van der Waals surface area (Å²) in [7, 11) is 0. The second-order valence-electron chi connectivity index (χ2n) is 4.58. The van der Waals surface area contributed by atoms with Crippen molar-refractivity contribution < 1.29 is 13.5 Å². The van der Waals surface area contributed by atoms with Gasteiger partial charge in [0.2, 0.25) is 0 Å². The van der Waals surface area contributed by atoms with Gasteiger partial charge in [-0.3, -0.25) is 4.79 Å². The first-order valence-electron chi connectivity index (χ1n) is 6.34. The van der Waals surface area contributed by atoms with Crippen molar-refractivity contribution in [2.45, 2.75) is 20.1 Å². The Morgan fingerprint density at radius 3 is 2.73 bits per heavy atom. The lowest BCUT2D eigenvalue weighted by molar-refractivity contribution is 0.296. The summed E-state index contributed by atoms with van der Waals surface area (Å²) in [4.78, 5) is 12.1. The molecule has 0 aliphatic rings. The van der Waals surface area contributed by atoms with Gasteiger partial charge in [0, 0.05) is 23.4 Å². The highest BCUT2D eigenvalue weighted by Crippen LogP contribution is 2.24. The zero-order valence-corrected chi connectivity index (χ0v) is 13.3. The number of halogens is 3. The van der Waals surface area contributed by atoms with Crippen LogP contribution in [-0.2, 0) is 13.2 Å². The molecule has 0 spiro atoms. The Bertz CT molecular complexity index is 809. The third-order valence-electron chi connectivity index (χ3n) is 3.06. The van der Waals surface area contributed by atoms with Gasteiger partial charge >= 0.3 is 0 Å². The minimum absolute atomic E-state index is 0.122. The molecule has 22 heavy (non-hydrogen) atoms. The number of terminal acetylenes is 1. The van der Waals surface area contributed by atoms with Crippen molar-refractivity contribution in [3.8, 4) is 18.1 Å². The van der Waals surface area contributed by atoms with E-state index in [9.17, 15) is 13.6 Å². The lowest BCUT2D eigenvalue weighted by atomic mass is 10.2. The van der Waals surface area contributed by atoms with Gasteiger partial charge in [-0.1, -0.05) is 5.92 Å². The maximum absolute atomic E-state index is 13.6. The molecule has 1 aromatic heterocycles. The predicted molar refractivity (Wildman–Crippen MR) is 82.7 cm³/mol. The first kappa shape index (κ1) is 16.2. The molecule has 0 N–H and O–H groups in total. The molecule has 0 aliphatic heterocycles. The van der Waals surface area contributed by atoms with E-state index in [0.29, 0.717) is 5.69 Å². The number of hydrogen-bond acceptors (Lipinski definition) is 2. The van der Waals surface area contributed by atoms with Crippen molar-refractivity contribution in [1.29, 1.82) is 0 Å². The quantitative estimate of drug-likeness (QED) is 0.775. The van der Waals surface area contributed by atoms with Crippen LogP contribution >= 0.6 is 15.9 Å². The van der Waals surface area contributed by atoms with Gasteiger partial charge in [-0.15, -0.1) is 6.42 Å². The van der Waals surface area contributed by atoms with Crippen LogP contribution in [-0.4, -0.2) is 4.57 Å². The summed E-state index contributed by atoms with van der Waals surface area (Å²) in [6.45, 7) is 1.75. The Morgan fingerprint density at radius 2 is 2.09 bits per heavy atom. The smallest absolute Gasteiger partial charge is 0.269 e. The molecule has 0 unspecified atom stereocenters. The Morgan fingerprint density at radius 1 is 1.36 bits per heavy atom. The summed E-state index contributed by atoms with van der Waals surface area (Å²) in [5, 5.41) is 0. The van der Waals surface area contributed by atoms with Gasteiger partial charge in [0.05, 0.1) is 6.54 Å². The molecule has 0 radical (unpaired) electrons. The Hall–Kier alpha value is -2.13. The van der Waals surface area contributed by atoms with Crippen molar-refractivity contribution >= 4 is 15.9 Å². The predicted octanol–water partition coefficient (Wildman–Crippen LogP) is 3.41. The minimum atomic E-state index is -0.700. The molecule has 1 heterocycles. The molecular formula is C16H12BrF2NO2. The van der Waals surface area contributed by atoms with Gasteiger partial charge in [0.15, 0.2) is 0 Å². The molecule has 1 aromatic carbocycles. The summed E-state index contributed by atoms with van der Waals surface area (Å²) in [5.74, 6) is 1.32. The molecule has 0 atom stereocenters. The molecule has 0 saturated heterocycles. The van der Waals surface area contributed by atoms with E-state index in [1.807, 2.05) is 0 Å². The van der Waals surface area contributed by atoms with Crippen molar-refractivity contribution in [3.05, 3.63) is 62.0 Å². The lowest BCUT2D eigenvalue weighted by Crippen LogP contribution is -2.23. The molecule has 0 fully saturated rings. The number of benzene rings is 1. The highest BCUT2D eigenvalue weighted by Gasteiger charge is 2.12. The molecule has 3 nitrogen and oxygen atoms in total. The van der Waals surface area contributed by atoms with E-state index in [2.05, 4.69) is 21.9 Å². The van der Waals surface area contributed by atoms with Gasteiger partial charge in [0.1, 0.15) is 28.5 Å². The largest absolute Gasteiger partial charge is 0.487 e. The highest BCUT2D eigenvalue weighted by molar-refractivity contribution is 9.10. The molecule has 0 bridgehead atoms. The maximum Gasteiger partial charge on any atom is 0.269 e. The zero-order chi connectivity index (χ0) is 16.3. The Labute approximate surface area is 134 Å². The van der Waals surface area contributed by atoms with Crippen LogP contribution in [0.2, 0.25) is 0 Å². The van der Waals surface area contributed by atoms with Gasteiger partial charge in [0.25, 0.3) is 5.56 Å². The van der Waals surface area contributed by atoms with Crippen LogP contribution in [0.1, 0.15) is 11.3 Å². The molecule has 0 saturated carbocycles. The standard InChI is InChI=1S/C16H12BrF2NO2/c1-3-6-20-10(2)7-14(15(17)16(20)21)22-9-11-4-5-12(18)8-13(11)19/h1,4-5,7-8H,6,9H2,2H3. The molecule has 0 amide bonds. The number of aryl methyl sites for hydroxylation is 1. The van der Waals surface area contributed by atoms with Crippen LogP contribution in [0.5, 0.6) is 5.75 Å². The fourth-order valence-corrected chi connectivity index (χ4v) is 2.35. The van der Waals surface area contributed by atoms with Crippen LogP contribution in [0.25, 0.3) is 0 Å². The number of rotatable bonds is 4. The van der Waals surface area contributed by atoms with E-state index in [1.54, 1.807) is 13.0 Å². The Balaban J connectivity index is 2.27. The summed E-state index contributed by atoms with van der Waals surface area (Å²) >= 11 is 3.16. The average Bonchev–Trinajstić information content (AvgIpc) is 2.47. The van der Waals surface area contributed by atoms with Crippen LogP contribution < -0.4 is 10.3 Å². The minimum Gasteiger partial charge on any atom is -0.487 e. The summed E-state index contributed by atoms with van der Waals surface area (Å²) in [5.41, 5.74) is 0.493. The van der Waals surface area contributed by atoms with Gasteiger partial charge in [-0.25, -0.2) is 8.78 Å². The van der Waals surface area contributed by atoms with Crippen molar-refractivity contribution in [2.24, 2.45) is 0 Å². The van der Waals surface area contributed by atoms with Crippen LogP contribution in [0.4, 0.5) is 8.78 Å². The van der Waals surface area contributed by atoms with Gasteiger partial charge in [-0.2, -0.15) is 0 Å². The SMILES string of the molecule is C#CCn1c(C)cc(OCc2ccc(F)cc2F)c(Br)c1=O. The van der Waals surface area contributed by atoms with Crippen LogP contribution in [0.15, 0.2) is 33.5 Å². The number of pyridine rings is 1. The van der Waals surface area contributed by atoms with E-state index < -0.39 is 11.6 Å². The molecule has 0 aliphatic carbocycles. The normalized spacial score (nSPS) is 10.3. The zero-order valence-electron chi connectivity index (χ0n) is 11.7. The fraction of sp³-hybridized carbons (Fsp3) is 0.188. The van der Waals surface area contributed by atoms with Crippen molar-refractivity contribution in [1.82, 2.24) is 4.57 Å². The topological polar surface area (TPSA) is 31.2 Å². The first-order chi connectivity index (χ1) is 10.4. The monoisotopic (exact) mass is 367 g/mol. The van der Waals surface area contributed by atoms with Crippen molar-refractivity contribution in [2.75, 3.05) is 0 Å². The third kappa shape index (κ3) is 3.37. The summed E-state index contributed by atoms with van der Waals surface area (Å²) in [6.07, 6.45) is 5.22. The van der Waals surface area contributed by atoms with Gasteiger partial charge in [-0.05, 0) is 35.0 Å². The molecule has 2 aromatic rings. The van der Waals surface area contributed by atoms with E-state index in [1.165, 1.54) is 10.6 Å². The molecule has 114 valence electrons. The summed E-state index contributed by atoms with van der Waals surface area (Å²) in [6, 6.07) is 4.85. The molecular weight excluding hydrogens is 356 g/mol. The number of ether oxygens (including phenoxy) is 1. The molecule has 6 heteroatoms. The maximum atomic E-state index is 13.6. The second kappa shape index (κ2) is 6.75. The second-order valence-corrected chi connectivity index (χ2v) is 5.38. The number of hydrogen-bond donors (Lipinski definition) is 0. The average molecular weight is 368 g/mol. The first-order valence-corrected chi connectivity index (χ1v) is 7.13. The summed E-state index contributed by atoms with van der Waals surface area (Å²) < 4.78 is 33.5. The fourth-order valence-electron chi connectivity index (χ4n) is 1.90. The van der Waals surface area contributed by atoms with Crippen LogP contribution in [0.3, 0.4) is 0 Å². The van der Waals surface area contributed by atoms with E-state index >= 15 is 0 Å². The highest BCUT2D eigenvalue weighted by atomic mass is 79.9. The van der Waals surface area contributed by atoms with E-state index in [4.69, 9.17) is 11.2 Å². The third-order valence-corrected chi connectivity index (χ3v) is 3.79. The van der Waals surface area contributed by atoms with Crippen molar-refractivity contribution in [3.63, 3.8) is 0 Å². The Kier molecular flexibility index (Phi) is 4.99. The van der Waals surface area contributed by atoms with E-state index in [0.717, 1.165) is 12.1 Å². The number of aromatic nitrogens is 1. The molecule has 2 rings (SSSR count). The van der Waals surface area contributed by atoms with E-state index in [-0.39, 0.29) is 34.5 Å². The van der Waals surface area contributed by atoms with Crippen LogP contribution in [0, 0.1) is 30.9 Å². The lowest BCUT2D eigenvalue weighted by Gasteiger charge is -2.13. The number of nitrogens with zero attached hydrogens (tertiary/aromatic N) is 1. The van der Waals surface area contributed by atoms with Gasteiger partial charge < -0.3 is 9.30 Å².